The molecule has 0 radical (unpaired) electrons. The van der Waals surface area contributed by atoms with Gasteiger partial charge in [0, 0.05) is 31.1 Å². The second-order valence-corrected chi connectivity index (χ2v) is 6.03. The topological polar surface area (TPSA) is 71.5 Å². The minimum Gasteiger partial charge on any atom is -0.503 e. The van der Waals surface area contributed by atoms with E-state index in [0.717, 1.165) is 18.5 Å². The number of furan rings is 1. The number of carbonyl (C=O) groups excluding carboxylic acids is 1. The molecule has 3 heterocycles. The number of hydrogen-bond acceptors (Lipinski definition) is 4. The zero-order chi connectivity index (χ0) is 16.4. The lowest BCUT2D eigenvalue weighted by Crippen LogP contribution is -2.32. The highest BCUT2D eigenvalue weighted by atomic mass is 16.3. The summed E-state index contributed by atoms with van der Waals surface area (Å²) < 4.78 is 7.49. The van der Waals surface area contributed by atoms with Crippen molar-refractivity contribution in [3.05, 3.63) is 54.2 Å². The molecule has 23 heavy (non-hydrogen) atoms. The number of aromatic nitrogens is 2. The highest BCUT2D eigenvalue weighted by Gasteiger charge is 2.42. The minimum atomic E-state index is -0.319. The largest absolute Gasteiger partial charge is 0.503 e. The molecule has 3 rings (SSSR count). The van der Waals surface area contributed by atoms with E-state index in [-0.39, 0.29) is 23.6 Å². The fraction of sp³-hybridized carbons (Fsp3) is 0.412. The Bertz CT molecular complexity index is 687. The van der Waals surface area contributed by atoms with Crippen LogP contribution in [0.1, 0.15) is 32.1 Å². The molecule has 1 N–H and O–H groups in total. The van der Waals surface area contributed by atoms with E-state index in [0.29, 0.717) is 12.3 Å². The molecule has 2 aromatic rings. The predicted octanol–water partition coefficient (Wildman–Crippen LogP) is 2.92. The molecular formula is C17H21N3O3. The summed E-state index contributed by atoms with van der Waals surface area (Å²) in [6.07, 6.45) is 7.75. The molecule has 1 aliphatic heterocycles. The van der Waals surface area contributed by atoms with Crippen molar-refractivity contribution >= 4 is 5.91 Å². The van der Waals surface area contributed by atoms with Gasteiger partial charge >= 0.3 is 0 Å². The van der Waals surface area contributed by atoms with Gasteiger partial charge in [-0.05, 0) is 24.5 Å². The lowest BCUT2D eigenvalue weighted by molar-refractivity contribution is -0.129. The van der Waals surface area contributed by atoms with Crippen LogP contribution in [0, 0.1) is 5.92 Å². The normalized spacial score (nSPS) is 18.5. The number of imidazole rings is 1. The van der Waals surface area contributed by atoms with Crippen molar-refractivity contribution in [1.29, 1.82) is 0 Å². The standard InChI is InChI=1S/C17H21N3O3/c1-12(2)14-15(13-5-3-10-23-13)20(17(22)16(14)21)8-4-7-19-9-6-18-11-19/h3,5-6,9-12,15,21H,4,7-8H2,1-2H3. The van der Waals surface area contributed by atoms with Gasteiger partial charge in [-0.15, -0.1) is 0 Å². The number of aliphatic hydroxyl groups is 1. The van der Waals surface area contributed by atoms with E-state index < -0.39 is 0 Å². The smallest absolute Gasteiger partial charge is 0.289 e. The summed E-state index contributed by atoms with van der Waals surface area (Å²) in [5.41, 5.74) is 0.729. The fourth-order valence-electron chi connectivity index (χ4n) is 3.09. The molecule has 1 atom stereocenters. The van der Waals surface area contributed by atoms with Gasteiger partial charge in [-0.2, -0.15) is 0 Å². The molecule has 0 saturated heterocycles. The molecule has 0 aromatic carbocycles. The van der Waals surface area contributed by atoms with Crippen LogP contribution >= 0.6 is 0 Å². The average molecular weight is 315 g/mol. The number of rotatable bonds is 6. The van der Waals surface area contributed by atoms with Gasteiger partial charge in [-0.3, -0.25) is 4.79 Å². The second kappa shape index (κ2) is 6.32. The third-order valence-electron chi connectivity index (χ3n) is 4.15. The highest BCUT2D eigenvalue weighted by molar-refractivity contribution is 5.95. The predicted molar refractivity (Wildman–Crippen MR) is 84.5 cm³/mol. The summed E-state index contributed by atoms with van der Waals surface area (Å²) in [6.45, 7) is 5.27. The molecule has 0 fully saturated rings. The van der Waals surface area contributed by atoms with Gasteiger partial charge in [0.25, 0.3) is 5.91 Å². The van der Waals surface area contributed by atoms with Crippen molar-refractivity contribution in [1.82, 2.24) is 14.5 Å². The summed E-state index contributed by atoms with van der Waals surface area (Å²) >= 11 is 0. The molecule has 1 unspecified atom stereocenters. The van der Waals surface area contributed by atoms with Gasteiger partial charge in [-0.25, -0.2) is 4.98 Å². The summed E-state index contributed by atoms with van der Waals surface area (Å²) in [7, 11) is 0. The van der Waals surface area contributed by atoms with Gasteiger partial charge in [0.05, 0.1) is 12.6 Å². The van der Waals surface area contributed by atoms with Crippen LogP contribution in [0.3, 0.4) is 0 Å². The fourth-order valence-corrected chi connectivity index (χ4v) is 3.09. The Balaban J connectivity index is 1.79. The van der Waals surface area contributed by atoms with E-state index in [2.05, 4.69) is 4.98 Å². The first-order valence-corrected chi connectivity index (χ1v) is 7.82. The van der Waals surface area contributed by atoms with E-state index >= 15 is 0 Å². The number of aliphatic hydroxyl groups excluding tert-OH is 1. The molecule has 1 amide bonds. The van der Waals surface area contributed by atoms with Crippen LogP contribution in [0.4, 0.5) is 0 Å². The molecule has 0 bridgehead atoms. The molecular weight excluding hydrogens is 294 g/mol. The van der Waals surface area contributed by atoms with Crippen molar-refractivity contribution in [3.63, 3.8) is 0 Å². The van der Waals surface area contributed by atoms with Gasteiger partial charge in [0.1, 0.15) is 11.8 Å². The SMILES string of the molecule is CC(C)C1=C(O)C(=O)N(CCCn2ccnc2)C1c1ccco1. The van der Waals surface area contributed by atoms with Gasteiger partial charge in [0.2, 0.25) is 0 Å². The van der Waals surface area contributed by atoms with Crippen LogP contribution in [0.2, 0.25) is 0 Å². The van der Waals surface area contributed by atoms with Crippen LogP contribution in [0.15, 0.2) is 52.9 Å². The Morgan fingerprint density at radius 2 is 2.22 bits per heavy atom. The zero-order valence-electron chi connectivity index (χ0n) is 13.3. The van der Waals surface area contributed by atoms with Crippen molar-refractivity contribution in [3.8, 4) is 0 Å². The van der Waals surface area contributed by atoms with Crippen molar-refractivity contribution in [2.75, 3.05) is 6.54 Å². The van der Waals surface area contributed by atoms with Crippen LogP contribution in [-0.2, 0) is 11.3 Å². The Hall–Kier alpha value is -2.50. The third kappa shape index (κ3) is 2.88. The number of carbonyl (C=O) groups is 1. The molecule has 2 aromatic heterocycles. The first-order valence-electron chi connectivity index (χ1n) is 7.82. The molecule has 1 aliphatic rings. The maximum Gasteiger partial charge on any atom is 0.289 e. The Morgan fingerprint density at radius 3 is 2.83 bits per heavy atom. The molecule has 0 saturated carbocycles. The Morgan fingerprint density at radius 1 is 1.39 bits per heavy atom. The number of hydrogen-bond donors (Lipinski definition) is 1. The van der Waals surface area contributed by atoms with Crippen LogP contribution in [0.25, 0.3) is 0 Å². The molecule has 0 aliphatic carbocycles. The third-order valence-corrected chi connectivity index (χ3v) is 4.15. The van der Waals surface area contributed by atoms with Crippen molar-refractivity contribution in [2.45, 2.75) is 32.9 Å². The molecule has 122 valence electrons. The highest BCUT2D eigenvalue weighted by Crippen LogP contribution is 2.40. The van der Waals surface area contributed by atoms with Crippen LogP contribution in [0.5, 0.6) is 0 Å². The Kier molecular flexibility index (Phi) is 4.23. The summed E-state index contributed by atoms with van der Waals surface area (Å²) in [6, 6.07) is 3.33. The Labute approximate surface area is 135 Å². The maximum atomic E-state index is 12.5. The summed E-state index contributed by atoms with van der Waals surface area (Å²) in [4.78, 5) is 18.2. The number of aryl methyl sites for hydroxylation is 1. The number of amides is 1. The molecule has 0 spiro atoms. The van der Waals surface area contributed by atoms with E-state index in [4.69, 9.17) is 4.42 Å². The summed E-state index contributed by atoms with van der Waals surface area (Å²) in [5, 5.41) is 10.3. The first-order chi connectivity index (χ1) is 11.1. The van der Waals surface area contributed by atoms with Gasteiger partial charge < -0.3 is 19.0 Å². The maximum absolute atomic E-state index is 12.5. The van der Waals surface area contributed by atoms with Crippen molar-refractivity contribution < 1.29 is 14.3 Å². The van der Waals surface area contributed by atoms with E-state index in [1.165, 1.54) is 0 Å². The molecule has 6 heteroatoms. The average Bonchev–Trinajstić information content (AvgIpc) is 3.23. The van der Waals surface area contributed by atoms with E-state index in [1.54, 1.807) is 29.8 Å². The zero-order valence-corrected chi connectivity index (χ0v) is 13.3. The van der Waals surface area contributed by atoms with E-state index in [9.17, 15) is 9.90 Å². The number of nitrogens with zero attached hydrogens (tertiary/aromatic N) is 3. The summed E-state index contributed by atoms with van der Waals surface area (Å²) in [5.74, 6) is 0.297. The second-order valence-electron chi connectivity index (χ2n) is 6.03. The van der Waals surface area contributed by atoms with E-state index in [1.807, 2.05) is 30.7 Å². The van der Waals surface area contributed by atoms with Gasteiger partial charge in [0.15, 0.2) is 5.76 Å². The molecule has 6 nitrogen and oxygen atoms in total. The quantitative estimate of drug-likeness (QED) is 0.889. The van der Waals surface area contributed by atoms with Gasteiger partial charge in [-0.1, -0.05) is 13.8 Å². The van der Waals surface area contributed by atoms with Crippen molar-refractivity contribution in [2.24, 2.45) is 5.92 Å². The van der Waals surface area contributed by atoms with Crippen LogP contribution in [-0.4, -0.2) is 32.0 Å². The minimum absolute atomic E-state index is 0.0627. The lowest BCUT2D eigenvalue weighted by Gasteiger charge is -2.26. The lowest BCUT2D eigenvalue weighted by atomic mass is 9.95. The van der Waals surface area contributed by atoms with Crippen LogP contribution < -0.4 is 0 Å². The monoisotopic (exact) mass is 315 g/mol. The first kappa shape index (κ1) is 15.4.